The second kappa shape index (κ2) is 5.99. The van der Waals surface area contributed by atoms with Gasteiger partial charge in [0.25, 0.3) is 5.56 Å². The summed E-state index contributed by atoms with van der Waals surface area (Å²) in [6, 6.07) is 15.7. The zero-order valence-corrected chi connectivity index (χ0v) is 15.0. The summed E-state index contributed by atoms with van der Waals surface area (Å²) in [5, 5.41) is 7.67. The molecule has 2 aromatic carbocycles. The van der Waals surface area contributed by atoms with Gasteiger partial charge in [-0.05, 0) is 42.4 Å². The number of hydrogen-bond donors (Lipinski definition) is 1. The minimum absolute atomic E-state index is 0.0660. The highest BCUT2D eigenvalue weighted by atomic mass is 79.9. The smallest absolute Gasteiger partial charge is 0.262 e. The summed E-state index contributed by atoms with van der Waals surface area (Å²) in [4.78, 5) is 13.0. The van der Waals surface area contributed by atoms with Crippen molar-refractivity contribution >= 4 is 44.8 Å². The van der Waals surface area contributed by atoms with Gasteiger partial charge < -0.3 is 0 Å². The molecule has 0 aliphatic carbocycles. The molecule has 120 valence electrons. The zero-order valence-electron chi connectivity index (χ0n) is 12.6. The molecule has 24 heavy (non-hydrogen) atoms. The van der Waals surface area contributed by atoms with Crippen LogP contribution in [0, 0.1) is 4.77 Å². The topological polar surface area (TPSA) is 55.1 Å². The maximum absolute atomic E-state index is 13.0. The first-order chi connectivity index (χ1) is 11.6. The largest absolute Gasteiger partial charge is 0.276 e. The summed E-state index contributed by atoms with van der Waals surface area (Å²) < 4.78 is 4.82. The number of benzene rings is 2. The quantitative estimate of drug-likeness (QED) is 0.533. The van der Waals surface area contributed by atoms with E-state index >= 15 is 0 Å². The van der Waals surface area contributed by atoms with E-state index in [1.807, 2.05) is 40.8 Å². The van der Waals surface area contributed by atoms with Crippen molar-refractivity contribution in [2.75, 3.05) is 0 Å². The maximum atomic E-state index is 13.0. The lowest BCUT2D eigenvalue weighted by Crippen LogP contribution is -2.24. The Bertz CT molecular complexity index is 1160. The van der Waals surface area contributed by atoms with Gasteiger partial charge in [0.1, 0.15) is 0 Å². The van der Waals surface area contributed by atoms with Gasteiger partial charge in [-0.1, -0.05) is 46.3 Å². The molecule has 4 rings (SSSR count). The third-order valence-electron chi connectivity index (χ3n) is 4.04. The Morgan fingerprint density at radius 3 is 2.75 bits per heavy atom. The Kier molecular flexibility index (Phi) is 3.82. The molecule has 2 aromatic heterocycles. The molecule has 0 unspecified atom stereocenters. The number of rotatable bonds is 3. The van der Waals surface area contributed by atoms with E-state index in [-0.39, 0.29) is 5.56 Å². The molecular formula is C17H13BrN4OS. The number of halogens is 1. The normalized spacial score (nSPS) is 11.4. The third kappa shape index (κ3) is 2.50. The average molecular weight is 401 g/mol. The fourth-order valence-electron chi connectivity index (χ4n) is 2.88. The summed E-state index contributed by atoms with van der Waals surface area (Å²) in [6.45, 7) is 0.536. The predicted octanol–water partition coefficient (Wildman–Crippen LogP) is 3.71. The van der Waals surface area contributed by atoms with Gasteiger partial charge >= 0.3 is 0 Å². The van der Waals surface area contributed by atoms with Gasteiger partial charge in [0.15, 0.2) is 0 Å². The lowest BCUT2D eigenvalue weighted by atomic mass is 10.1. The van der Waals surface area contributed by atoms with Crippen LogP contribution in [0.4, 0.5) is 0 Å². The summed E-state index contributed by atoms with van der Waals surface area (Å²) in [6.07, 6.45) is 0.746. The minimum Gasteiger partial charge on any atom is -0.276 e. The van der Waals surface area contributed by atoms with E-state index in [4.69, 9.17) is 12.2 Å². The van der Waals surface area contributed by atoms with Crippen LogP contribution >= 0.6 is 28.1 Å². The van der Waals surface area contributed by atoms with E-state index in [0.29, 0.717) is 22.5 Å². The number of nitrogens with zero attached hydrogens (tertiary/aromatic N) is 3. The van der Waals surface area contributed by atoms with Crippen LogP contribution in [-0.4, -0.2) is 19.2 Å². The summed E-state index contributed by atoms with van der Waals surface area (Å²) >= 11 is 8.78. The van der Waals surface area contributed by atoms with E-state index in [9.17, 15) is 4.79 Å². The van der Waals surface area contributed by atoms with E-state index in [1.165, 1.54) is 5.56 Å². The van der Waals surface area contributed by atoms with Crippen molar-refractivity contribution in [3.63, 3.8) is 0 Å². The van der Waals surface area contributed by atoms with Crippen molar-refractivity contribution in [3.05, 3.63) is 73.7 Å². The molecule has 0 spiro atoms. The molecule has 0 aliphatic rings. The molecule has 0 amide bonds. The highest BCUT2D eigenvalue weighted by Crippen LogP contribution is 2.18. The van der Waals surface area contributed by atoms with E-state index in [2.05, 4.69) is 38.3 Å². The van der Waals surface area contributed by atoms with Gasteiger partial charge in [-0.3, -0.25) is 13.8 Å². The first kappa shape index (κ1) is 15.3. The fourth-order valence-corrected chi connectivity index (χ4v) is 3.47. The summed E-state index contributed by atoms with van der Waals surface area (Å²) in [5.74, 6) is 0.538. The van der Waals surface area contributed by atoms with Crippen molar-refractivity contribution < 1.29 is 0 Å². The Hall–Kier alpha value is -2.25. The number of H-pyrrole nitrogens is 1. The standard InChI is InChI=1S/C17H13BrN4OS/c18-12-6-7-14-13(10-12)15(23)21(16-19-20-17(24)22(14)16)9-8-11-4-2-1-3-5-11/h1-7,10H,8-9H2,(H,20,24). The third-order valence-corrected chi connectivity index (χ3v) is 4.81. The number of aromatic nitrogens is 4. The number of fused-ring (bicyclic) bond motifs is 3. The summed E-state index contributed by atoms with van der Waals surface area (Å²) in [5.41, 5.74) is 1.86. The molecular weight excluding hydrogens is 388 g/mol. The van der Waals surface area contributed by atoms with E-state index in [0.717, 1.165) is 16.4 Å². The molecule has 0 radical (unpaired) electrons. The van der Waals surface area contributed by atoms with E-state index in [1.54, 1.807) is 4.57 Å². The van der Waals surface area contributed by atoms with Crippen LogP contribution in [0.3, 0.4) is 0 Å². The number of aryl methyl sites for hydroxylation is 2. The molecule has 0 bridgehead atoms. The van der Waals surface area contributed by atoms with Crippen LogP contribution in [0.5, 0.6) is 0 Å². The van der Waals surface area contributed by atoms with Gasteiger partial charge in [-0.2, -0.15) is 0 Å². The molecule has 2 heterocycles. The number of hydrogen-bond acceptors (Lipinski definition) is 3. The molecule has 0 saturated carbocycles. The molecule has 0 fully saturated rings. The zero-order chi connectivity index (χ0) is 16.7. The highest BCUT2D eigenvalue weighted by molar-refractivity contribution is 9.10. The Morgan fingerprint density at radius 2 is 1.96 bits per heavy atom. The SMILES string of the molecule is O=c1c2cc(Br)ccc2n2c(=S)[nH]nc2n1CCc1ccccc1. The number of aromatic amines is 1. The van der Waals surface area contributed by atoms with Crippen molar-refractivity contribution in [1.82, 2.24) is 19.2 Å². The van der Waals surface area contributed by atoms with Crippen LogP contribution in [0.15, 0.2) is 57.8 Å². The fraction of sp³-hybridized carbons (Fsp3) is 0.118. The van der Waals surface area contributed by atoms with Gasteiger partial charge in [-0.25, -0.2) is 5.10 Å². The molecule has 7 heteroatoms. The molecule has 4 aromatic rings. The van der Waals surface area contributed by atoms with E-state index < -0.39 is 0 Å². The van der Waals surface area contributed by atoms with Crippen molar-refractivity contribution in [1.29, 1.82) is 0 Å². The average Bonchev–Trinajstić information content (AvgIpc) is 2.97. The molecule has 1 N–H and O–H groups in total. The molecule has 0 aliphatic heterocycles. The predicted molar refractivity (Wildman–Crippen MR) is 100.0 cm³/mol. The van der Waals surface area contributed by atoms with Gasteiger partial charge in [0.05, 0.1) is 10.9 Å². The van der Waals surface area contributed by atoms with Crippen LogP contribution in [-0.2, 0) is 13.0 Å². The highest BCUT2D eigenvalue weighted by Gasteiger charge is 2.13. The monoisotopic (exact) mass is 400 g/mol. The molecule has 0 atom stereocenters. The van der Waals surface area contributed by atoms with Crippen LogP contribution in [0.2, 0.25) is 0 Å². The van der Waals surface area contributed by atoms with Crippen molar-refractivity contribution in [2.24, 2.45) is 0 Å². The lowest BCUT2D eigenvalue weighted by molar-refractivity contribution is 0.678. The van der Waals surface area contributed by atoms with Crippen molar-refractivity contribution in [3.8, 4) is 0 Å². The lowest BCUT2D eigenvalue weighted by Gasteiger charge is -2.10. The van der Waals surface area contributed by atoms with Gasteiger partial charge in [0.2, 0.25) is 10.5 Å². The van der Waals surface area contributed by atoms with Gasteiger partial charge in [-0.15, -0.1) is 5.10 Å². The maximum Gasteiger partial charge on any atom is 0.262 e. The van der Waals surface area contributed by atoms with Crippen LogP contribution in [0.1, 0.15) is 5.56 Å². The Labute approximate surface area is 150 Å². The summed E-state index contributed by atoms with van der Waals surface area (Å²) in [7, 11) is 0. The Morgan fingerprint density at radius 1 is 1.17 bits per heavy atom. The second-order valence-electron chi connectivity index (χ2n) is 5.52. The van der Waals surface area contributed by atoms with Crippen LogP contribution in [0.25, 0.3) is 16.7 Å². The van der Waals surface area contributed by atoms with Gasteiger partial charge in [0, 0.05) is 11.0 Å². The first-order valence-electron chi connectivity index (χ1n) is 7.48. The van der Waals surface area contributed by atoms with Crippen LogP contribution < -0.4 is 5.56 Å². The number of nitrogens with one attached hydrogen (secondary N) is 1. The van der Waals surface area contributed by atoms with Crippen molar-refractivity contribution in [2.45, 2.75) is 13.0 Å². The molecule has 0 saturated heterocycles. The first-order valence-corrected chi connectivity index (χ1v) is 8.68. The Balaban J connectivity index is 1.94. The molecule has 5 nitrogen and oxygen atoms in total. The minimum atomic E-state index is -0.0660. The second-order valence-corrected chi connectivity index (χ2v) is 6.82.